The van der Waals surface area contributed by atoms with Gasteiger partial charge in [-0.2, -0.15) is 0 Å². The summed E-state index contributed by atoms with van der Waals surface area (Å²) < 4.78 is 0. The SMILES string of the molecule is O=C(CBr)NC1CCCc2sccc21. The van der Waals surface area contributed by atoms with Crippen LogP contribution in [0.1, 0.15) is 29.3 Å². The van der Waals surface area contributed by atoms with Crippen LogP contribution in [0.4, 0.5) is 0 Å². The quantitative estimate of drug-likeness (QED) is 0.825. The molecular weight excluding hydrogens is 262 g/mol. The van der Waals surface area contributed by atoms with Crippen molar-refractivity contribution in [3.63, 3.8) is 0 Å². The van der Waals surface area contributed by atoms with Crippen molar-refractivity contribution >= 4 is 33.2 Å². The average Bonchev–Trinajstić information content (AvgIpc) is 2.66. The van der Waals surface area contributed by atoms with Crippen LogP contribution < -0.4 is 5.32 Å². The number of carbonyl (C=O) groups is 1. The smallest absolute Gasteiger partial charge is 0.231 e. The molecule has 1 aromatic rings. The summed E-state index contributed by atoms with van der Waals surface area (Å²) in [5.41, 5.74) is 1.33. The molecule has 0 fully saturated rings. The summed E-state index contributed by atoms with van der Waals surface area (Å²) in [4.78, 5) is 12.7. The molecule has 1 aliphatic carbocycles. The Balaban J connectivity index is 2.12. The van der Waals surface area contributed by atoms with E-state index < -0.39 is 0 Å². The number of amides is 1. The van der Waals surface area contributed by atoms with Crippen LogP contribution >= 0.6 is 27.3 Å². The van der Waals surface area contributed by atoms with E-state index in [-0.39, 0.29) is 11.9 Å². The number of fused-ring (bicyclic) bond motifs is 1. The Kier molecular flexibility index (Phi) is 3.23. The highest BCUT2D eigenvalue weighted by atomic mass is 79.9. The second-order valence-corrected chi connectivity index (χ2v) is 5.01. The molecule has 1 aliphatic rings. The summed E-state index contributed by atoms with van der Waals surface area (Å²) in [6.45, 7) is 0. The van der Waals surface area contributed by atoms with Crippen LogP contribution in [0.15, 0.2) is 11.4 Å². The van der Waals surface area contributed by atoms with Gasteiger partial charge in [-0.25, -0.2) is 0 Å². The van der Waals surface area contributed by atoms with Crippen LogP contribution in [0.5, 0.6) is 0 Å². The molecule has 0 saturated heterocycles. The summed E-state index contributed by atoms with van der Waals surface area (Å²) in [7, 11) is 0. The highest BCUT2D eigenvalue weighted by Crippen LogP contribution is 2.33. The van der Waals surface area contributed by atoms with Gasteiger partial charge in [0.15, 0.2) is 0 Å². The van der Waals surface area contributed by atoms with Crippen molar-refractivity contribution in [1.29, 1.82) is 0 Å². The lowest BCUT2D eigenvalue weighted by Crippen LogP contribution is -2.30. The van der Waals surface area contributed by atoms with Crippen molar-refractivity contribution < 1.29 is 4.79 Å². The summed E-state index contributed by atoms with van der Waals surface area (Å²) >= 11 is 4.96. The second kappa shape index (κ2) is 4.45. The minimum absolute atomic E-state index is 0.0778. The van der Waals surface area contributed by atoms with Gasteiger partial charge in [-0.15, -0.1) is 11.3 Å². The first-order valence-electron chi connectivity index (χ1n) is 4.73. The van der Waals surface area contributed by atoms with Crippen LogP contribution in [-0.4, -0.2) is 11.2 Å². The molecule has 1 heterocycles. The molecule has 4 heteroatoms. The number of rotatable bonds is 2. The number of hydrogen-bond donors (Lipinski definition) is 1. The third-order valence-electron chi connectivity index (χ3n) is 2.51. The topological polar surface area (TPSA) is 29.1 Å². The fourth-order valence-corrected chi connectivity index (χ4v) is 3.02. The van der Waals surface area contributed by atoms with Crippen molar-refractivity contribution in [3.05, 3.63) is 21.9 Å². The third-order valence-corrected chi connectivity index (χ3v) is 4.01. The number of thiophene rings is 1. The van der Waals surface area contributed by atoms with E-state index in [1.54, 1.807) is 11.3 Å². The minimum atomic E-state index is 0.0778. The molecule has 0 saturated carbocycles. The summed E-state index contributed by atoms with van der Waals surface area (Å²) in [6.07, 6.45) is 3.43. The number of hydrogen-bond acceptors (Lipinski definition) is 2. The first-order chi connectivity index (χ1) is 6.81. The van der Waals surface area contributed by atoms with Gasteiger partial charge >= 0.3 is 0 Å². The van der Waals surface area contributed by atoms with E-state index in [1.165, 1.54) is 23.3 Å². The number of carbonyl (C=O) groups excluding carboxylic acids is 1. The Morgan fingerprint density at radius 3 is 3.36 bits per heavy atom. The van der Waals surface area contributed by atoms with E-state index in [2.05, 4.69) is 32.7 Å². The van der Waals surface area contributed by atoms with Crippen molar-refractivity contribution in [2.24, 2.45) is 0 Å². The maximum absolute atomic E-state index is 11.3. The molecule has 1 amide bonds. The van der Waals surface area contributed by atoms with Crippen LogP contribution in [0, 0.1) is 0 Å². The number of aryl methyl sites for hydroxylation is 1. The molecule has 0 aliphatic heterocycles. The van der Waals surface area contributed by atoms with E-state index >= 15 is 0 Å². The molecule has 76 valence electrons. The monoisotopic (exact) mass is 273 g/mol. The fraction of sp³-hybridized carbons (Fsp3) is 0.500. The van der Waals surface area contributed by atoms with Crippen molar-refractivity contribution in [1.82, 2.24) is 5.32 Å². The maximum atomic E-state index is 11.3. The van der Waals surface area contributed by atoms with Crippen LogP contribution in [0.25, 0.3) is 0 Å². The molecule has 1 aromatic heterocycles. The Morgan fingerprint density at radius 1 is 1.71 bits per heavy atom. The molecule has 1 unspecified atom stereocenters. The zero-order valence-electron chi connectivity index (χ0n) is 7.75. The average molecular weight is 274 g/mol. The molecule has 1 atom stereocenters. The van der Waals surface area contributed by atoms with Gasteiger partial charge in [-0.3, -0.25) is 4.79 Å². The Morgan fingerprint density at radius 2 is 2.57 bits per heavy atom. The summed E-state index contributed by atoms with van der Waals surface area (Å²) in [5, 5.41) is 5.54. The van der Waals surface area contributed by atoms with Gasteiger partial charge in [0.05, 0.1) is 11.4 Å². The number of halogens is 1. The minimum Gasteiger partial charge on any atom is -0.349 e. The van der Waals surface area contributed by atoms with Crippen LogP contribution in [-0.2, 0) is 11.2 Å². The lowest BCUT2D eigenvalue weighted by molar-refractivity contribution is -0.119. The Hall–Kier alpha value is -0.350. The normalized spacial score (nSPS) is 20.2. The third kappa shape index (κ3) is 2.01. The number of nitrogens with one attached hydrogen (secondary N) is 1. The molecule has 0 spiro atoms. The highest BCUT2D eigenvalue weighted by molar-refractivity contribution is 9.09. The molecule has 0 aromatic carbocycles. The molecule has 0 radical (unpaired) electrons. The zero-order chi connectivity index (χ0) is 9.97. The number of alkyl halides is 1. The van der Waals surface area contributed by atoms with Gasteiger partial charge in [0.2, 0.25) is 5.91 Å². The Bertz CT molecular complexity index is 337. The molecular formula is C10H12BrNOS. The van der Waals surface area contributed by atoms with Crippen molar-refractivity contribution in [2.75, 3.05) is 5.33 Å². The lowest BCUT2D eigenvalue weighted by atomic mass is 9.94. The predicted molar refractivity (Wildman–Crippen MR) is 61.9 cm³/mol. The summed E-state index contributed by atoms with van der Waals surface area (Å²) in [5.74, 6) is 0.0778. The fourth-order valence-electron chi connectivity index (χ4n) is 1.87. The second-order valence-electron chi connectivity index (χ2n) is 3.45. The van der Waals surface area contributed by atoms with Gasteiger partial charge in [-0.1, -0.05) is 15.9 Å². The molecule has 0 bridgehead atoms. The molecule has 14 heavy (non-hydrogen) atoms. The van der Waals surface area contributed by atoms with E-state index in [0.717, 1.165) is 6.42 Å². The standard InChI is InChI=1S/C10H12BrNOS/c11-6-10(13)12-8-2-1-3-9-7(8)4-5-14-9/h4-5,8H,1-3,6H2,(H,12,13). The highest BCUT2D eigenvalue weighted by Gasteiger charge is 2.21. The molecule has 2 rings (SSSR count). The molecule has 1 N–H and O–H groups in total. The first kappa shape index (κ1) is 10.2. The summed E-state index contributed by atoms with van der Waals surface area (Å²) in [6, 6.07) is 2.38. The van der Waals surface area contributed by atoms with Gasteiger partial charge in [0.1, 0.15) is 0 Å². The van der Waals surface area contributed by atoms with E-state index in [9.17, 15) is 4.79 Å². The Labute approximate surface area is 95.8 Å². The van der Waals surface area contributed by atoms with Gasteiger partial charge < -0.3 is 5.32 Å². The predicted octanol–water partition coefficient (Wildman–Crippen LogP) is 2.64. The van der Waals surface area contributed by atoms with Crippen LogP contribution in [0.3, 0.4) is 0 Å². The maximum Gasteiger partial charge on any atom is 0.231 e. The van der Waals surface area contributed by atoms with Gasteiger partial charge in [0, 0.05) is 4.88 Å². The lowest BCUT2D eigenvalue weighted by Gasteiger charge is -2.23. The van der Waals surface area contributed by atoms with E-state index in [1.807, 2.05) is 0 Å². The molecule has 2 nitrogen and oxygen atoms in total. The van der Waals surface area contributed by atoms with E-state index in [4.69, 9.17) is 0 Å². The van der Waals surface area contributed by atoms with Crippen molar-refractivity contribution in [3.8, 4) is 0 Å². The van der Waals surface area contributed by atoms with Gasteiger partial charge in [0.25, 0.3) is 0 Å². The first-order valence-corrected chi connectivity index (χ1v) is 6.73. The largest absolute Gasteiger partial charge is 0.349 e. The zero-order valence-corrected chi connectivity index (χ0v) is 10.2. The van der Waals surface area contributed by atoms with Crippen LogP contribution in [0.2, 0.25) is 0 Å². The van der Waals surface area contributed by atoms with E-state index in [0.29, 0.717) is 5.33 Å². The van der Waals surface area contributed by atoms with Gasteiger partial charge in [-0.05, 0) is 36.3 Å². The van der Waals surface area contributed by atoms with Crippen molar-refractivity contribution in [2.45, 2.75) is 25.3 Å².